The number of carbonyl (C=O) groups excluding carboxylic acids is 1. The summed E-state index contributed by atoms with van der Waals surface area (Å²) in [4.78, 5) is 11.4. The Morgan fingerprint density at radius 3 is 2.77 bits per heavy atom. The summed E-state index contributed by atoms with van der Waals surface area (Å²) in [6.45, 7) is 1.59. The SMILES string of the molecule is Cc1ccc(NS(=O)(=O)CCNC(=O)/C=C/C2CC2)cc1F. The number of amides is 1. The van der Waals surface area contributed by atoms with Crippen LogP contribution in [0.3, 0.4) is 0 Å². The van der Waals surface area contributed by atoms with E-state index in [0.29, 0.717) is 11.5 Å². The van der Waals surface area contributed by atoms with E-state index in [9.17, 15) is 17.6 Å². The molecule has 1 saturated carbocycles. The van der Waals surface area contributed by atoms with E-state index in [1.54, 1.807) is 6.92 Å². The third-order valence-electron chi connectivity index (χ3n) is 3.26. The molecule has 5 nitrogen and oxygen atoms in total. The van der Waals surface area contributed by atoms with Gasteiger partial charge in [-0.2, -0.15) is 0 Å². The van der Waals surface area contributed by atoms with Gasteiger partial charge in [-0.3, -0.25) is 9.52 Å². The maximum atomic E-state index is 13.4. The maximum Gasteiger partial charge on any atom is 0.243 e. The first-order valence-corrected chi connectivity index (χ1v) is 8.73. The molecule has 2 N–H and O–H groups in total. The smallest absolute Gasteiger partial charge is 0.243 e. The average molecular weight is 326 g/mol. The Morgan fingerprint density at radius 1 is 1.41 bits per heavy atom. The fourth-order valence-electron chi connectivity index (χ4n) is 1.77. The van der Waals surface area contributed by atoms with E-state index in [1.165, 1.54) is 18.2 Å². The zero-order valence-electron chi connectivity index (χ0n) is 12.3. The molecule has 0 radical (unpaired) electrons. The predicted octanol–water partition coefficient (Wildman–Crippen LogP) is 1.96. The van der Waals surface area contributed by atoms with Crippen molar-refractivity contribution in [2.24, 2.45) is 5.92 Å². The number of halogens is 1. The molecule has 0 saturated heterocycles. The number of allylic oxidation sites excluding steroid dienone is 1. The lowest BCUT2D eigenvalue weighted by Gasteiger charge is -2.09. The normalized spacial score (nSPS) is 15.0. The molecule has 1 aromatic carbocycles. The van der Waals surface area contributed by atoms with E-state index in [0.717, 1.165) is 18.9 Å². The van der Waals surface area contributed by atoms with Crippen molar-refractivity contribution in [1.29, 1.82) is 0 Å². The lowest BCUT2D eigenvalue weighted by molar-refractivity contribution is -0.116. The molecule has 22 heavy (non-hydrogen) atoms. The molecule has 1 aliphatic rings. The number of rotatable bonds is 7. The summed E-state index contributed by atoms with van der Waals surface area (Å²) in [6, 6.07) is 4.12. The summed E-state index contributed by atoms with van der Waals surface area (Å²) in [5.41, 5.74) is 0.612. The summed E-state index contributed by atoms with van der Waals surface area (Å²) in [5, 5.41) is 2.51. The van der Waals surface area contributed by atoms with Crippen LogP contribution in [-0.2, 0) is 14.8 Å². The first-order chi connectivity index (χ1) is 10.4. The predicted molar refractivity (Wildman–Crippen MR) is 83.4 cm³/mol. The van der Waals surface area contributed by atoms with Crippen molar-refractivity contribution >= 4 is 21.6 Å². The van der Waals surface area contributed by atoms with Crippen molar-refractivity contribution < 1.29 is 17.6 Å². The van der Waals surface area contributed by atoms with Crippen LogP contribution in [-0.4, -0.2) is 26.6 Å². The molecule has 120 valence electrons. The second-order valence-electron chi connectivity index (χ2n) is 5.37. The Hall–Kier alpha value is -1.89. The molecular formula is C15H19FN2O3S. The van der Waals surface area contributed by atoms with Crippen LogP contribution in [0.4, 0.5) is 10.1 Å². The number of hydrogen-bond acceptors (Lipinski definition) is 3. The topological polar surface area (TPSA) is 75.3 Å². The molecular weight excluding hydrogens is 307 g/mol. The van der Waals surface area contributed by atoms with Crippen molar-refractivity contribution in [3.05, 3.63) is 41.7 Å². The molecule has 0 bridgehead atoms. The second-order valence-corrected chi connectivity index (χ2v) is 7.21. The van der Waals surface area contributed by atoms with Crippen LogP contribution in [0.5, 0.6) is 0 Å². The molecule has 1 aliphatic carbocycles. The molecule has 2 rings (SSSR count). The molecule has 0 unspecified atom stereocenters. The van der Waals surface area contributed by atoms with Gasteiger partial charge in [0.15, 0.2) is 0 Å². The fourth-order valence-corrected chi connectivity index (χ4v) is 2.73. The van der Waals surface area contributed by atoms with Gasteiger partial charge in [0.05, 0.1) is 11.4 Å². The molecule has 1 amide bonds. The molecule has 0 atom stereocenters. The quantitative estimate of drug-likeness (QED) is 0.752. The first kappa shape index (κ1) is 16.5. The van der Waals surface area contributed by atoms with Crippen LogP contribution in [0.25, 0.3) is 0 Å². The highest BCUT2D eigenvalue weighted by atomic mass is 32.2. The number of carbonyl (C=O) groups is 1. The van der Waals surface area contributed by atoms with Crippen LogP contribution >= 0.6 is 0 Å². The van der Waals surface area contributed by atoms with Crippen LogP contribution in [0.2, 0.25) is 0 Å². The number of aryl methyl sites for hydroxylation is 1. The number of anilines is 1. The van der Waals surface area contributed by atoms with Gasteiger partial charge >= 0.3 is 0 Å². The zero-order chi connectivity index (χ0) is 16.2. The van der Waals surface area contributed by atoms with E-state index in [4.69, 9.17) is 0 Å². The van der Waals surface area contributed by atoms with E-state index < -0.39 is 15.8 Å². The number of sulfonamides is 1. The van der Waals surface area contributed by atoms with Crippen LogP contribution in [0, 0.1) is 18.7 Å². The van der Waals surface area contributed by atoms with Crippen LogP contribution < -0.4 is 10.0 Å². The van der Waals surface area contributed by atoms with Crippen molar-refractivity contribution in [1.82, 2.24) is 5.32 Å². The van der Waals surface area contributed by atoms with Crippen molar-refractivity contribution in [3.63, 3.8) is 0 Å². The standard InChI is InChI=1S/C15H19FN2O3S/c1-11-2-6-13(10-14(11)16)18-22(20,21)9-8-17-15(19)7-5-12-3-4-12/h2,5-7,10,12,18H,3-4,8-9H2,1H3,(H,17,19)/b7-5+. The van der Waals surface area contributed by atoms with E-state index in [2.05, 4.69) is 10.0 Å². The van der Waals surface area contributed by atoms with Crippen molar-refractivity contribution in [2.75, 3.05) is 17.0 Å². The van der Waals surface area contributed by atoms with Gasteiger partial charge in [-0.05, 0) is 49.5 Å². The summed E-state index contributed by atoms with van der Waals surface area (Å²) >= 11 is 0. The van der Waals surface area contributed by atoms with Gasteiger partial charge in [-0.15, -0.1) is 0 Å². The third kappa shape index (κ3) is 5.48. The monoisotopic (exact) mass is 326 g/mol. The van der Waals surface area contributed by atoms with Gasteiger partial charge in [0, 0.05) is 6.54 Å². The molecule has 7 heteroatoms. The highest BCUT2D eigenvalue weighted by Gasteiger charge is 2.17. The Bertz CT molecular complexity index is 682. The Labute approximate surface area is 129 Å². The lowest BCUT2D eigenvalue weighted by atomic mass is 10.2. The van der Waals surface area contributed by atoms with Gasteiger partial charge in [0.1, 0.15) is 5.82 Å². The van der Waals surface area contributed by atoms with Gasteiger partial charge in [0.25, 0.3) is 0 Å². The van der Waals surface area contributed by atoms with E-state index >= 15 is 0 Å². The molecule has 0 aliphatic heterocycles. The average Bonchev–Trinajstić information content (AvgIpc) is 3.24. The van der Waals surface area contributed by atoms with Crippen molar-refractivity contribution in [2.45, 2.75) is 19.8 Å². The first-order valence-electron chi connectivity index (χ1n) is 7.08. The Kier molecular flexibility index (Phi) is 5.18. The van der Waals surface area contributed by atoms with Gasteiger partial charge in [-0.25, -0.2) is 12.8 Å². The molecule has 1 aromatic rings. The summed E-state index contributed by atoms with van der Waals surface area (Å²) in [5.74, 6) is -0.555. The van der Waals surface area contributed by atoms with E-state index in [1.807, 2.05) is 6.08 Å². The number of benzene rings is 1. The fraction of sp³-hybridized carbons (Fsp3) is 0.400. The third-order valence-corrected chi connectivity index (χ3v) is 4.55. The van der Waals surface area contributed by atoms with Gasteiger partial charge < -0.3 is 5.32 Å². The number of hydrogen-bond donors (Lipinski definition) is 2. The maximum absolute atomic E-state index is 13.4. The van der Waals surface area contributed by atoms with Crippen LogP contribution in [0.1, 0.15) is 18.4 Å². The van der Waals surface area contributed by atoms with Crippen molar-refractivity contribution in [3.8, 4) is 0 Å². The minimum Gasteiger partial charge on any atom is -0.351 e. The largest absolute Gasteiger partial charge is 0.351 e. The molecule has 0 heterocycles. The molecule has 0 spiro atoms. The van der Waals surface area contributed by atoms with Gasteiger partial charge in [-0.1, -0.05) is 12.1 Å². The minimum absolute atomic E-state index is 0.00246. The lowest BCUT2D eigenvalue weighted by Crippen LogP contribution is -2.30. The minimum atomic E-state index is -3.63. The highest BCUT2D eigenvalue weighted by molar-refractivity contribution is 7.92. The Balaban J connectivity index is 1.80. The molecule has 0 aromatic heterocycles. The second kappa shape index (κ2) is 6.91. The summed E-state index contributed by atoms with van der Waals surface area (Å²) in [7, 11) is -3.63. The van der Waals surface area contributed by atoms with E-state index in [-0.39, 0.29) is 23.9 Å². The highest BCUT2D eigenvalue weighted by Crippen LogP contribution is 2.29. The van der Waals surface area contributed by atoms with Crippen LogP contribution in [0.15, 0.2) is 30.4 Å². The number of nitrogens with one attached hydrogen (secondary N) is 2. The van der Waals surface area contributed by atoms with Gasteiger partial charge in [0.2, 0.25) is 15.9 Å². The molecule has 1 fully saturated rings. The summed E-state index contributed by atoms with van der Waals surface area (Å²) < 4.78 is 39.4. The zero-order valence-corrected chi connectivity index (χ0v) is 13.1. The summed E-state index contributed by atoms with van der Waals surface area (Å²) in [6.07, 6.45) is 5.48. The Morgan fingerprint density at radius 2 is 2.14 bits per heavy atom.